The Bertz CT molecular complexity index is 1220. The van der Waals surface area contributed by atoms with Crippen molar-refractivity contribution in [1.29, 1.82) is 0 Å². The van der Waals surface area contributed by atoms with Crippen LogP contribution in [-0.4, -0.2) is 34.8 Å². The van der Waals surface area contributed by atoms with Gasteiger partial charge in [-0.3, -0.25) is 14.2 Å². The second kappa shape index (κ2) is 9.38. The molecule has 0 saturated heterocycles. The molecule has 0 radical (unpaired) electrons. The van der Waals surface area contributed by atoms with E-state index in [0.717, 1.165) is 10.4 Å². The molecule has 30 heavy (non-hydrogen) atoms. The zero-order valence-corrected chi connectivity index (χ0v) is 18.0. The highest BCUT2D eigenvalue weighted by Crippen LogP contribution is 2.32. The number of thiophene rings is 1. The molecule has 0 aliphatic carbocycles. The van der Waals surface area contributed by atoms with Gasteiger partial charge < -0.3 is 4.74 Å². The maximum Gasteiger partial charge on any atom is 0.263 e. The predicted octanol–water partition coefficient (Wildman–Crippen LogP) is 4.75. The number of fused-ring (bicyclic) bond motifs is 1. The lowest BCUT2D eigenvalue weighted by Gasteiger charge is -2.11. The average Bonchev–Trinajstić information content (AvgIpc) is 3.23. The van der Waals surface area contributed by atoms with Crippen LogP contribution in [-0.2, 0) is 11.3 Å². The number of carbonyl (C=O) groups is 1. The first-order valence-electron chi connectivity index (χ1n) is 9.47. The summed E-state index contributed by atoms with van der Waals surface area (Å²) in [7, 11) is 1.60. The number of nitrogens with zero attached hydrogens (tertiary/aromatic N) is 2. The SMILES string of the molecule is COCCn1c(SCC(=O)c2ccccc2)nc2sc(-c3ccccc3)cc2c1=O. The minimum absolute atomic E-state index is 0.00407. The van der Waals surface area contributed by atoms with Gasteiger partial charge in [-0.15, -0.1) is 11.3 Å². The van der Waals surface area contributed by atoms with Gasteiger partial charge >= 0.3 is 0 Å². The van der Waals surface area contributed by atoms with Gasteiger partial charge in [0.15, 0.2) is 10.9 Å². The summed E-state index contributed by atoms with van der Waals surface area (Å²) in [6, 6.07) is 21.0. The van der Waals surface area contributed by atoms with Gasteiger partial charge in [0.05, 0.1) is 24.3 Å². The Balaban J connectivity index is 1.69. The molecule has 4 rings (SSSR count). The number of thioether (sulfide) groups is 1. The summed E-state index contributed by atoms with van der Waals surface area (Å²) in [4.78, 5) is 32.1. The van der Waals surface area contributed by atoms with E-state index in [1.807, 2.05) is 54.6 Å². The molecule has 7 heteroatoms. The molecule has 152 valence electrons. The Labute approximate surface area is 182 Å². The van der Waals surface area contributed by atoms with Gasteiger partial charge in [0.1, 0.15) is 4.83 Å². The average molecular weight is 437 g/mol. The van der Waals surface area contributed by atoms with E-state index < -0.39 is 0 Å². The fraction of sp³-hybridized carbons (Fsp3) is 0.174. The molecule has 2 aromatic carbocycles. The lowest BCUT2D eigenvalue weighted by molar-refractivity contribution is 0.102. The molecule has 0 atom stereocenters. The number of methoxy groups -OCH3 is 1. The van der Waals surface area contributed by atoms with Gasteiger partial charge in [0.25, 0.3) is 5.56 Å². The second-order valence-electron chi connectivity index (χ2n) is 6.62. The number of carbonyl (C=O) groups excluding carboxylic acids is 1. The molecule has 0 unspecified atom stereocenters. The minimum atomic E-state index is -0.106. The summed E-state index contributed by atoms with van der Waals surface area (Å²) in [5.41, 5.74) is 1.60. The molecule has 0 aliphatic heterocycles. The number of ketones is 1. The van der Waals surface area contributed by atoms with Crippen molar-refractivity contribution in [3.05, 3.63) is 82.6 Å². The van der Waals surface area contributed by atoms with Crippen LogP contribution in [0, 0.1) is 0 Å². The highest BCUT2D eigenvalue weighted by molar-refractivity contribution is 7.99. The van der Waals surface area contributed by atoms with Crippen LogP contribution in [0.5, 0.6) is 0 Å². The van der Waals surface area contributed by atoms with Gasteiger partial charge in [0, 0.05) is 17.6 Å². The minimum Gasteiger partial charge on any atom is -0.383 e. The zero-order valence-electron chi connectivity index (χ0n) is 16.4. The van der Waals surface area contributed by atoms with Crippen LogP contribution in [0.3, 0.4) is 0 Å². The van der Waals surface area contributed by atoms with Crippen LogP contribution in [0.25, 0.3) is 20.7 Å². The fourth-order valence-electron chi connectivity index (χ4n) is 3.07. The lowest BCUT2D eigenvalue weighted by Crippen LogP contribution is -2.25. The number of rotatable bonds is 8. The molecular formula is C23H20N2O3S2. The van der Waals surface area contributed by atoms with E-state index in [4.69, 9.17) is 9.72 Å². The maximum atomic E-state index is 13.2. The number of Topliss-reactive ketones (excluding diaryl/α,β-unsaturated/α-hetero) is 1. The van der Waals surface area contributed by atoms with E-state index in [1.54, 1.807) is 23.8 Å². The highest BCUT2D eigenvalue weighted by Gasteiger charge is 2.17. The highest BCUT2D eigenvalue weighted by atomic mass is 32.2. The smallest absolute Gasteiger partial charge is 0.263 e. The Hall–Kier alpha value is -2.74. The predicted molar refractivity (Wildman–Crippen MR) is 123 cm³/mol. The second-order valence-corrected chi connectivity index (χ2v) is 8.59. The van der Waals surface area contributed by atoms with Crippen LogP contribution in [0.15, 0.2) is 76.7 Å². The topological polar surface area (TPSA) is 61.2 Å². The number of aromatic nitrogens is 2. The fourth-order valence-corrected chi connectivity index (χ4v) is 5.07. The standard InChI is InChI=1S/C23H20N2O3S2/c1-28-13-12-25-22(27)18-14-20(17-10-6-3-7-11-17)30-21(18)24-23(25)29-15-19(26)16-8-4-2-5-9-16/h2-11,14H,12-13,15H2,1H3. The molecule has 0 aliphatic rings. The van der Waals surface area contributed by atoms with E-state index in [9.17, 15) is 9.59 Å². The summed E-state index contributed by atoms with van der Waals surface area (Å²) >= 11 is 2.78. The number of hydrogen-bond acceptors (Lipinski definition) is 6. The van der Waals surface area contributed by atoms with Crippen LogP contribution < -0.4 is 5.56 Å². The van der Waals surface area contributed by atoms with Gasteiger partial charge in [-0.05, 0) is 11.6 Å². The first kappa shape index (κ1) is 20.5. The summed E-state index contributed by atoms with van der Waals surface area (Å²) in [6.07, 6.45) is 0. The van der Waals surface area contributed by atoms with Crippen molar-refractivity contribution in [2.24, 2.45) is 0 Å². The summed E-state index contributed by atoms with van der Waals surface area (Å²) in [6.45, 7) is 0.777. The van der Waals surface area contributed by atoms with Crippen molar-refractivity contribution in [3.63, 3.8) is 0 Å². The third kappa shape index (κ3) is 4.38. The summed E-state index contributed by atoms with van der Waals surface area (Å²) < 4.78 is 6.78. The summed E-state index contributed by atoms with van der Waals surface area (Å²) in [5.74, 6) is 0.218. The molecule has 0 fully saturated rings. The maximum absolute atomic E-state index is 13.2. The van der Waals surface area contributed by atoms with Crippen molar-refractivity contribution in [3.8, 4) is 10.4 Å². The Morgan fingerprint density at radius 3 is 2.50 bits per heavy atom. The van der Waals surface area contributed by atoms with E-state index in [1.165, 1.54) is 23.1 Å². The quantitative estimate of drug-likeness (QED) is 0.227. The monoisotopic (exact) mass is 436 g/mol. The van der Waals surface area contributed by atoms with Crippen molar-refractivity contribution in [2.75, 3.05) is 19.5 Å². The van der Waals surface area contributed by atoms with Gasteiger partial charge in [-0.25, -0.2) is 4.98 Å². The molecule has 0 saturated carbocycles. The van der Waals surface area contributed by atoms with Gasteiger partial charge in [-0.1, -0.05) is 72.4 Å². The molecule has 0 N–H and O–H groups in total. The first-order chi connectivity index (χ1) is 14.7. The zero-order chi connectivity index (χ0) is 20.9. The Morgan fingerprint density at radius 1 is 1.10 bits per heavy atom. The number of ether oxygens (including phenoxy) is 1. The first-order valence-corrected chi connectivity index (χ1v) is 11.3. The molecule has 4 aromatic rings. The molecule has 0 bridgehead atoms. The van der Waals surface area contributed by atoms with Crippen LogP contribution in [0.1, 0.15) is 10.4 Å². The van der Waals surface area contributed by atoms with Gasteiger partial charge in [-0.2, -0.15) is 0 Å². The molecule has 5 nitrogen and oxygen atoms in total. The van der Waals surface area contributed by atoms with Crippen molar-refractivity contribution in [2.45, 2.75) is 11.7 Å². The number of hydrogen-bond donors (Lipinski definition) is 0. The Morgan fingerprint density at radius 2 is 1.80 bits per heavy atom. The molecular weight excluding hydrogens is 416 g/mol. The third-order valence-electron chi connectivity index (χ3n) is 4.62. The third-order valence-corrected chi connectivity index (χ3v) is 6.68. The largest absolute Gasteiger partial charge is 0.383 e. The van der Waals surface area contributed by atoms with E-state index in [-0.39, 0.29) is 17.1 Å². The number of benzene rings is 2. The van der Waals surface area contributed by atoms with E-state index >= 15 is 0 Å². The van der Waals surface area contributed by atoms with Crippen LogP contribution in [0.2, 0.25) is 0 Å². The van der Waals surface area contributed by atoms with Crippen molar-refractivity contribution < 1.29 is 9.53 Å². The van der Waals surface area contributed by atoms with Gasteiger partial charge in [0.2, 0.25) is 0 Å². The Kier molecular flexibility index (Phi) is 6.42. The van der Waals surface area contributed by atoms with Crippen molar-refractivity contribution in [1.82, 2.24) is 9.55 Å². The molecule has 0 spiro atoms. The molecule has 2 heterocycles. The van der Waals surface area contributed by atoms with Crippen LogP contribution in [0.4, 0.5) is 0 Å². The van der Waals surface area contributed by atoms with E-state index in [2.05, 4.69) is 0 Å². The van der Waals surface area contributed by atoms with E-state index in [0.29, 0.717) is 34.1 Å². The summed E-state index contributed by atoms with van der Waals surface area (Å²) in [5, 5.41) is 1.13. The van der Waals surface area contributed by atoms with Crippen LogP contribution >= 0.6 is 23.1 Å². The molecule has 0 amide bonds. The normalized spacial score (nSPS) is 11.1. The lowest BCUT2D eigenvalue weighted by atomic mass is 10.2. The van der Waals surface area contributed by atoms with Crippen molar-refractivity contribution >= 4 is 39.1 Å². The molecule has 2 aromatic heterocycles.